The Labute approximate surface area is 131 Å². The van der Waals surface area contributed by atoms with E-state index in [-0.39, 0.29) is 12.7 Å². The number of aliphatic hydroxyl groups is 1. The predicted molar refractivity (Wildman–Crippen MR) is 82.5 cm³/mol. The smallest absolute Gasteiger partial charge is 0.174 e. The molecular formula is C13H15ClN2O2S2. The maximum Gasteiger partial charge on any atom is 0.174 e. The molecule has 108 valence electrons. The Hall–Kier alpha value is -0.660. The number of rotatable bonds is 7. The van der Waals surface area contributed by atoms with Crippen LogP contribution in [-0.2, 0) is 4.74 Å². The maximum atomic E-state index is 9.88. The highest BCUT2D eigenvalue weighted by atomic mass is 35.5. The van der Waals surface area contributed by atoms with E-state index < -0.39 is 6.10 Å². The van der Waals surface area contributed by atoms with Gasteiger partial charge in [-0.2, -0.15) is 0 Å². The molecule has 2 rings (SSSR count). The monoisotopic (exact) mass is 330 g/mol. The Morgan fingerprint density at radius 2 is 2.15 bits per heavy atom. The van der Waals surface area contributed by atoms with Gasteiger partial charge in [-0.1, -0.05) is 46.8 Å². The van der Waals surface area contributed by atoms with E-state index in [1.54, 1.807) is 5.51 Å². The van der Waals surface area contributed by atoms with Gasteiger partial charge in [-0.05, 0) is 24.6 Å². The molecular weight excluding hydrogens is 316 g/mol. The van der Waals surface area contributed by atoms with Crippen LogP contribution in [-0.4, -0.2) is 33.8 Å². The predicted octanol–water partition coefficient (Wildman–Crippen LogP) is 3.42. The lowest BCUT2D eigenvalue weighted by atomic mass is 10.1. The number of hydrogen-bond acceptors (Lipinski definition) is 6. The quantitative estimate of drug-likeness (QED) is 0.788. The van der Waals surface area contributed by atoms with Crippen molar-refractivity contribution in [3.05, 3.63) is 40.4 Å². The topological polar surface area (TPSA) is 55.2 Å². The number of nitrogens with zero attached hydrogens (tertiary/aromatic N) is 2. The van der Waals surface area contributed by atoms with Gasteiger partial charge in [0.1, 0.15) is 5.51 Å². The molecule has 4 nitrogen and oxygen atoms in total. The standard InChI is InChI=1S/C13H15ClN2O2S2/c1-9(10-2-4-11(14)5-3-10)18-6-12(17)7-19-13-16-15-8-20-13/h2-5,8-9,12,17H,6-7H2,1H3/t9-,12+/m1/s1. The molecule has 0 aliphatic carbocycles. The van der Waals surface area contributed by atoms with Crippen LogP contribution >= 0.6 is 34.7 Å². The van der Waals surface area contributed by atoms with Crippen LogP contribution in [0, 0.1) is 0 Å². The number of benzene rings is 1. The Balaban J connectivity index is 1.72. The number of hydrogen-bond donors (Lipinski definition) is 1. The average molecular weight is 331 g/mol. The summed E-state index contributed by atoms with van der Waals surface area (Å²) in [6.45, 7) is 2.24. The van der Waals surface area contributed by atoms with Gasteiger partial charge in [0.15, 0.2) is 4.34 Å². The van der Waals surface area contributed by atoms with Gasteiger partial charge >= 0.3 is 0 Å². The minimum Gasteiger partial charge on any atom is -0.390 e. The molecule has 0 aliphatic heterocycles. The Morgan fingerprint density at radius 1 is 1.40 bits per heavy atom. The second-order valence-electron chi connectivity index (χ2n) is 4.20. The van der Waals surface area contributed by atoms with E-state index in [2.05, 4.69) is 10.2 Å². The summed E-state index contributed by atoms with van der Waals surface area (Å²) in [6.07, 6.45) is -0.605. The molecule has 0 spiro atoms. The zero-order valence-electron chi connectivity index (χ0n) is 10.9. The molecule has 1 aromatic carbocycles. The van der Waals surface area contributed by atoms with Crippen molar-refractivity contribution in [1.82, 2.24) is 10.2 Å². The number of halogens is 1. The Bertz CT molecular complexity index is 508. The third-order valence-electron chi connectivity index (χ3n) is 2.62. The van der Waals surface area contributed by atoms with Crippen LogP contribution in [0.25, 0.3) is 0 Å². The summed E-state index contributed by atoms with van der Waals surface area (Å²) in [5, 5.41) is 18.2. The summed E-state index contributed by atoms with van der Waals surface area (Å²) in [7, 11) is 0. The van der Waals surface area contributed by atoms with Crippen molar-refractivity contribution < 1.29 is 9.84 Å². The fourth-order valence-corrected chi connectivity index (χ4v) is 3.07. The molecule has 0 saturated heterocycles. The van der Waals surface area contributed by atoms with Crippen molar-refractivity contribution in [2.24, 2.45) is 0 Å². The van der Waals surface area contributed by atoms with Crippen LogP contribution in [0.5, 0.6) is 0 Å². The summed E-state index contributed by atoms with van der Waals surface area (Å²) in [4.78, 5) is 0. The zero-order chi connectivity index (χ0) is 14.4. The fourth-order valence-electron chi connectivity index (χ4n) is 1.53. The van der Waals surface area contributed by atoms with Crippen LogP contribution in [0.3, 0.4) is 0 Å². The van der Waals surface area contributed by atoms with Crippen molar-refractivity contribution in [1.29, 1.82) is 0 Å². The second-order valence-corrected chi connectivity index (χ2v) is 6.73. The van der Waals surface area contributed by atoms with E-state index in [0.717, 1.165) is 9.90 Å². The molecule has 1 N–H and O–H groups in total. The van der Waals surface area contributed by atoms with Gasteiger partial charge in [0.2, 0.25) is 0 Å². The molecule has 7 heteroatoms. The zero-order valence-corrected chi connectivity index (χ0v) is 13.3. The molecule has 0 aliphatic rings. The van der Waals surface area contributed by atoms with Gasteiger partial charge < -0.3 is 9.84 Å². The lowest BCUT2D eigenvalue weighted by molar-refractivity contribution is 0.00623. The van der Waals surface area contributed by atoms with Crippen LogP contribution < -0.4 is 0 Å². The normalized spacial score (nSPS) is 14.2. The largest absolute Gasteiger partial charge is 0.390 e. The summed E-state index contributed by atoms with van der Waals surface area (Å²) in [5.74, 6) is 0.544. The molecule has 0 amide bonds. The molecule has 1 aromatic heterocycles. The molecule has 2 aromatic rings. The van der Waals surface area contributed by atoms with E-state index in [4.69, 9.17) is 16.3 Å². The first-order valence-electron chi connectivity index (χ1n) is 6.09. The Morgan fingerprint density at radius 3 is 2.80 bits per heavy atom. The van der Waals surface area contributed by atoms with Crippen molar-refractivity contribution in [3.63, 3.8) is 0 Å². The van der Waals surface area contributed by atoms with E-state index >= 15 is 0 Å². The molecule has 0 unspecified atom stereocenters. The van der Waals surface area contributed by atoms with Crippen molar-refractivity contribution in [2.75, 3.05) is 12.4 Å². The molecule has 20 heavy (non-hydrogen) atoms. The van der Waals surface area contributed by atoms with E-state index in [0.29, 0.717) is 10.8 Å². The highest BCUT2D eigenvalue weighted by Crippen LogP contribution is 2.22. The lowest BCUT2D eigenvalue weighted by Gasteiger charge is -2.16. The summed E-state index contributed by atoms with van der Waals surface area (Å²) >= 11 is 8.79. The van der Waals surface area contributed by atoms with Gasteiger partial charge in [0.05, 0.1) is 18.8 Å². The minimum absolute atomic E-state index is 0.0755. The molecule has 0 bridgehead atoms. The number of aliphatic hydroxyl groups excluding tert-OH is 1. The maximum absolute atomic E-state index is 9.88. The van der Waals surface area contributed by atoms with Gasteiger partial charge in [0.25, 0.3) is 0 Å². The number of thioether (sulfide) groups is 1. The molecule has 0 fully saturated rings. The van der Waals surface area contributed by atoms with Crippen LogP contribution in [0.1, 0.15) is 18.6 Å². The molecule has 0 saturated carbocycles. The van der Waals surface area contributed by atoms with Crippen LogP contribution in [0.2, 0.25) is 5.02 Å². The van der Waals surface area contributed by atoms with E-state index in [9.17, 15) is 5.11 Å². The van der Waals surface area contributed by atoms with Crippen molar-refractivity contribution in [3.8, 4) is 0 Å². The fraction of sp³-hybridized carbons (Fsp3) is 0.385. The SMILES string of the molecule is C[C@@H](OC[C@H](O)CSc1nncs1)c1ccc(Cl)cc1. The summed E-state index contributed by atoms with van der Waals surface area (Å²) < 4.78 is 6.52. The third-order valence-corrected chi connectivity index (χ3v) is 4.87. The van der Waals surface area contributed by atoms with E-state index in [1.807, 2.05) is 31.2 Å². The third kappa shape index (κ3) is 5.03. The van der Waals surface area contributed by atoms with Crippen molar-refractivity contribution in [2.45, 2.75) is 23.5 Å². The van der Waals surface area contributed by atoms with Gasteiger partial charge in [0, 0.05) is 10.8 Å². The van der Waals surface area contributed by atoms with Gasteiger partial charge in [-0.15, -0.1) is 10.2 Å². The Kier molecular flexibility index (Phi) is 6.25. The highest BCUT2D eigenvalue weighted by molar-refractivity contribution is 8.01. The first-order chi connectivity index (χ1) is 9.65. The summed E-state index contributed by atoms with van der Waals surface area (Å²) in [5.41, 5.74) is 2.71. The van der Waals surface area contributed by atoms with Crippen LogP contribution in [0.4, 0.5) is 0 Å². The van der Waals surface area contributed by atoms with Gasteiger partial charge in [-0.3, -0.25) is 0 Å². The number of aromatic nitrogens is 2. The minimum atomic E-state index is -0.529. The van der Waals surface area contributed by atoms with Crippen LogP contribution in [0.15, 0.2) is 34.1 Å². The highest BCUT2D eigenvalue weighted by Gasteiger charge is 2.11. The molecule has 2 atom stereocenters. The molecule has 1 heterocycles. The first kappa shape index (κ1) is 15.7. The molecule has 0 radical (unpaired) electrons. The van der Waals surface area contributed by atoms with Gasteiger partial charge in [-0.25, -0.2) is 0 Å². The first-order valence-corrected chi connectivity index (χ1v) is 8.33. The average Bonchev–Trinajstić information content (AvgIpc) is 2.96. The lowest BCUT2D eigenvalue weighted by Crippen LogP contribution is -2.19. The number of ether oxygens (including phenoxy) is 1. The second kappa shape index (κ2) is 7.95. The summed E-state index contributed by atoms with van der Waals surface area (Å²) in [6, 6.07) is 7.52. The van der Waals surface area contributed by atoms with E-state index in [1.165, 1.54) is 23.1 Å². The van der Waals surface area contributed by atoms with Crippen molar-refractivity contribution >= 4 is 34.7 Å².